The van der Waals surface area contributed by atoms with Crippen LogP contribution in [-0.2, 0) is 50.0 Å². The molecule has 0 saturated carbocycles. The molecule has 17 nitrogen and oxygen atoms in total. The summed E-state index contributed by atoms with van der Waals surface area (Å²) in [5, 5.41) is 2.86. The van der Waals surface area contributed by atoms with Crippen molar-refractivity contribution < 1.29 is 51.3 Å². The van der Waals surface area contributed by atoms with Crippen molar-refractivity contribution in [2.24, 2.45) is 15.7 Å². The monoisotopic (exact) mass is 936 g/mol. The van der Waals surface area contributed by atoms with E-state index in [1.54, 1.807) is 26.8 Å². The van der Waals surface area contributed by atoms with E-state index in [2.05, 4.69) is 20.0 Å². The Bertz CT molecular complexity index is 2590. The lowest BCUT2D eigenvalue weighted by Gasteiger charge is -2.33. The van der Waals surface area contributed by atoms with Crippen LogP contribution < -0.4 is 20.5 Å². The van der Waals surface area contributed by atoms with Gasteiger partial charge < -0.3 is 34.9 Å². The lowest BCUT2D eigenvalue weighted by atomic mass is 9.84. The number of aliphatic imine (C=N–C) groups is 2. The molecule has 2 aliphatic heterocycles. The fraction of sp³-hybridized carbons (Fsp3) is 0.367. The van der Waals surface area contributed by atoms with Crippen LogP contribution in [0.15, 0.2) is 112 Å². The molecular weight excluding hydrogens is 881 g/mol. The summed E-state index contributed by atoms with van der Waals surface area (Å²) < 4.78 is 50.8. The number of hydrogen-bond acceptors (Lipinski definition) is 13. The number of guanidine groups is 1. The number of likely N-dealkylation sites (tertiary alicyclic amines) is 1. The molecule has 2 heterocycles. The fourth-order valence-electron chi connectivity index (χ4n) is 8.52. The number of hydrogen-bond donors (Lipinski definition) is 3. The van der Waals surface area contributed by atoms with Crippen molar-refractivity contribution in [2.45, 2.75) is 94.3 Å². The molecule has 354 valence electrons. The van der Waals surface area contributed by atoms with Gasteiger partial charge in [0, 0.05) is 25.4 Å². The minimum absolute atomic E-state index is 0.00178. The first-order chi connectivity index (χ1) is 32.1. The molecule has 4 aromatic carbocycles. The maximum Gasteiger partial charge on any atom is 0.408 e. The first-order valence-electron chi connectivity index (χ1n) is 21.9. The minimum atomic E-state index is -4.19. The molecule has 2 amide bonds. The molecule has 0 spiro atoms. The number of carbonyl (C=O) groups is 5. The predicted molar refractivity (Wildman–Crippen MR) is 249 cm³/mol. The van der Waals surface area contributed by atoms with Crippen LogP contribution in [0.3, 0.4) is 0 Å². The highest BCUT2D eigenvalue weighted by atomic mass is 32.2. The summed E-state index contributed by atoms with van der Waals surface area (Å²) in [6.45, 7) is 5.05. The van der Waals surface area contributed by atoms with E-state index in [-0.39, 0.29) is 49.8 Å². The van der Waals surface area contributed by atoms with Crippen LogP contribution in [0.4, 0.5) is 4.79 Å². The number of nitrogens with one attached hydrogen (secondary N) is 2. The lowest BCUT2D eigenvalue weighted by molar-refractivity contribution is -0.147. The van der Waals surface area contributed by atoms with Crippen molar-refractivity contribution in [1.82, 2.24) is 14.9 Å². The number of aryl methyl sites for hydroxylation is 1. The number of amides is 2. The Morgan fingerprint density at radius 1 is 0.925 bits per heavy atom. The topological polar surface area (TPSA) is 234 Å². The smallest absolute Gasteiger partial charge is 0.408 e. The summed E-state index contributed by atoms with van der Waals surface area (Å²) in [6, 6.07) is 27.1. The zero-order valence-corrected chi connectivity index (χ0v) is 39.0. The number of rotatable bonds is 19. The van der Waals surface area contributed by atoms with Crippen LogP contribution >= 0.6 is 0 Å². The number of Topliss-reactive ketones (excluding diaryl/α,β-unsaturated/α-hetero) is 1. The second kappa shape index (κ2) is 21.9. The summed E-state index contributed by atoms with van der Waals surface area (Å²) in [5.41, 5.74) is 7.71. The highest BCUT2D eigenvalue weighted by molar-refractivity contribution is 7.90. The van der Waals surface area contributed by atoms with Crippen molar-refractivity contribution in [3.05, 3.63) is 130 Å². The van der Waals surface area contributed by atoms with E-state index in [0.29, 0.717) is 35.3 Å². The summed E-state index contributed by atoms with van der Waals surface area (Å²) in [7, 11) is -1.51. The molecule has 0 aliphatic carbocycles. The first kappa shape index (κ1) is 49.4. The molecular formula is C49H56N6O11S. The van der Waals surface area contributed by atoms with Gasteiger partial charge in [-0.2, -0.15) is 0 Å². The zero-order chi connectivity index (χ0) is 48.3. The number of esters is 2. The van der Waals surface area contributed by atoms with Crippen LogP contribution in [0, 0.1) is 20.8 Å². The fourth-order valence-corrected chi connectivity index (χ4v) is 10.0. The van der Waals surface area contributed by atoms with Crippen molar-refractivity contribution in [3.63, 3.8) is 0 Å². The zero-order valence-electron chi connectivity index (χ0n) is 38.2. The molecule has 4 aromatic rings. The minimum Gasteiger partial charge on any atom is -0.496 e. The number of alkyl carbamates (subject to hydrolysis) is 1. The quantitative estimate of drug-likeness (QED) is 0.0271. The maximum atomic E-state index is 15.1. The van der Waals surface area contributed by atoms with Crippen LogP contribution in [0.2, 0.25) is 0 Å². The molecule has 0 radical (unpaired) electrons. The van der Waals surface area contributed by atoms with Crippen molar-refractivity contribution in [1.29, 1.82) is 0 Å². The van der Waals surface area contributed by atoms with Gasteiger partial charge in [-0.25, -0.2) is 27.7 Å². The highest BCUT2D eigenvalue weighted by Crippen LogP contribution is 2.36. The van der Waals surface area contributed by atoms with Gasteiger partial charge in [0.1, 0.15) is 24.4 Å². The molecule has 2 unspecified atom stereocenters. The average Bonchev–Trinajstić information content (AvgIpc) is 3.95. The molecule has 4 N–H and O–H groups in total. The molecule has 0 aromatic heterocycles. The van der Waals surface area contributed by atoms with Gasteiger partial charge in [-0.1, -0.05) is 91.0 Å². The van der Waals surface area contributed by atoms with Crippen LogP contribution in [-0.4, -0.2) is 99.8 Å². The second-order valence-corrected chi connectivity index (χ2v) is 17.9. The van der Waals surface area contributed by atoms with E-state index in [1.165, 1.54) is 19.1 Å². The van der Waals surface area contributed by atoms with Crippen LogP contribution in [0.25, 0.3) is 0 Å². The van der Waals surface area contributed by atoms with Gasteiger partial charge in [-0.3, -0.25) is 19.4 Å². The van der Waals surface area contributed by atoms with E-state index < -0.39 is 75.7 Å². The van der Waals surface area contributed by atoms with Gasteiger partial charge in [0.15, 0.2) is 5.78 Å². The Morgan fingerprint density at radius 3 is 2.16 bits per heavy atom. The summed E-state index contributed by atoms with van der Waals surface area (Å²) in [6.07, 6.45) is -1.05. The standard InChI is InChI=1S/C49H56N6O11S/c1-31-29-38(63-4)32(2)33(3)43(31)67(61,62)54-47(50)51-27-16-26-49(39(56)24-25-40(57)64-5)46(59)66-44(53-49)37-23-15-28-55(37)45(58)42(52-48(60)65-30-34-17-9-6-10-18-34)41(35-19-11-7-12-20-35)36-21-13-8-14-22-36/h6-14,17-22,29,37,41-42H,15-16,23-28,30H2,1-5H3,(H,52,60)(H3,50,51,54)/t37-,42?,49?/m0/s1. The normalized spacial score (nSPS) is 17.6. The molecule has 67 heavy (non-hydrogen) atoms. The molecule has 6 rings (SSSR count). The van der Waals surface area contributed by atoms with Crippen LogP contribution in [0.1, 0.15) is 77.8 Å². The summed E-state index contributed by atoms with van der Waals surface area (Å²) >= 11 is 0. The van der Waals surface area contributed by atoms with E-state index in [0.717, 1.165) is 16.7 Å². The number of nitrogens with zero attached hydrogens (tertiary/aromatic N) is 3. The van der Waals surface area contributed by atoms with E-state index in [1.807, 2.05) is 91.0 Å². The predicted octanol–water partition coefficient (Wildman–Crippen LogP) is 5.33. The third-order valence-electron chi connectivity index (χ3n) is 12.0. The third kappa shape index (κ3) is 11.5. The van der Waals surface area contributed by atoms with Gasteiger partial charge >= 0.3 is 18.0 Å². The number of nitrogens with two attached hydrogens (primary N) is 1. The Balaban J connectivity index is 1.27. The first-order valence-corrected chi connectivity index (χ1v) is 23.4. The van der Waals surface area contributed by atoms with Gasteiger partial charge in [0.2, 0.25) is 23.3 Å². The molecule has 0 bridgehead atoms. The van der Waals surface area contributed by atoms with Gasteiger partial charge in [0.25, 0.3) is 10.0 Å². The van der Waals surface area contributed by atoms with Gasteiger partial charge in [-0.05, 0) is 85.9 Å². The number of benzene rings is 4. The van der Waals surface area contributed by atoms with E-state index in [4.69, 9.17) is 24.7 Å². The Hall–Kier alpha value is -7.08. The van der Waals surface area contributed by atoms with Gasteiger partial charge in [0.05, 0.1) is 25.5 Å². The number of ether oxygens (including phenoxy) is 4. The number of ketones is 1. The SMILES string of the molecule is COC(=O)CCC(=O)C1(CCCN=C(N)NS(=O)(=O)c2c(C)cc(OC)c(C)c2C)N=C([C@@H]2CCCN2C(=O)C(NC(=O)OCc2ccccc2)C(c2ccccc2)c2ccccc2)OC1=O. The Kier molecular flexibility index (Phi) is 16.2. The average molecular weight is 937 g/mol. The number of sulfonamides is 1. The number of cyclic esters (lactones) is 1. The lowest BCUT2D eigenvalue weighted by Crippen LogP contribution is -2.54. The third-order valence-corrected chi connectivity index (χ3v) is 13.6. The summed E-state index contributed by atoms with van der Waals surface area (Å²) in [5.74, 6) is -3.66. The molecule has 1 saturated heterocycles. The second-order valence-electron chi connectivity index (χ2n) is 16.3. The summed E-state index contributed by atoms with van der Waals surface area (Å²) in [4.78, 5) is 79.3. The highest BCUT2D eigenvalue weighted by Gasteiger charge is 2.54. The van der Waals surface area contributed by atoms with Crippen molar-refractivity contribution in [3.8, 4) is 5.75 Å². The largest absolute Gasteiger partial charge is 0.496 e. The number of carbonyl (C=O) groups excluding carboxylic acids is 5. The van der Waals surface area contributed by atoms with Crippen molar-refractivity contribution in [2.75, 3.05) is 27.3 Å². The van der Waals surface area contributed by atoms with E-state index in [9.17, 15) is 27.6 Å². The Morgan fingerprint density at radius 2 is 1.55 bits per heavy atom. The van der Waals surface area contributed by atoms with Gasteiger partial charge in [-0.15, -0.1) is 0 Å². The number of methoxy groups -OCH3 is 2. The maximum absolute atomic E-state index is 15.1. The van der Waals surface area contributed by atoms with Crippen LogP contribution in [0.5, 0.6) is 5.75 Å². The molecule has 18 heteroatoms. The van der Waals surface area contributed by atoms with E-state index >= 15 is 4.79 Å². The Labute approximate surface area is 390 Å². The molecule has 3 atom stereocenters. The molecule has 2 aliphatic rings. The van der Waals surface area contributed by atoms with Crippen molar-refractivity contribution >= 4 is 51.6 Å². The molecule has 1 fully saturated rings.